The third kappa shape index (κ3) is 4.12. The largest absolute Gasteiger partial charge is 0.487 e. The highest BCUT2D eigenvalue weighted by molar-refractivity contribution is 6.21. The molecule has 1 fully saturated rings. The first-order valence-corrected chi connectivity index (χ1v) is 7.98. The summed E-state index contributed by atoms with van der Waals surface area (Å²) >= 11 is 6.23. The number of ether oxygens (including phenoxy) is 3. The Labute approximate surface area is 132 Å². The molecule has 3 nitrogen and oxygen atoms in total. The van der Waals surface area contributed by atoms with E-state index in [1.54, 1.807) is 7.11 Å². The molecule has 0 bridgehead atoms. The summed E-state index contributed by atoms with van der Waals surface area (Å²) < 4.78 is 16.9. The van der Waals surface area contributed by atoms with Crippen LogP contribution < -0.4 is 4.74 Å². The summed E-state index contributed by atoms with van der Waals surface area (Å²) in [5.74, 6) is 1.43. The van der Waals surface area contributed by atoms with E-state index in [0.717, 1.165) is 17.7 Å². The van der Waals surface area contributed by atoms with E-state index < -0.39 is 0 Å². The molecule has 0 heterocycles. The fraction of sp³-hybridized carbons (Fsp3) is 0.647. The first-order valence-electron chi connectivity index (χ1n) is 7.54. The summed E-state index contributed by atoms with van der Waals surface area (Å²) in [5.41, 5.74) is 2.43. The summed E-state index contributed by atoms with van der Waals surface area (Å²) in [6.07, 6.45) is 0.805. The molecule has 0 aromatic heterocycles. The minimum Gasteiger partial charge on any atom is -0.487 e. The Morgan fingerprint density at radius 2 is 2.05 bits per heavy atom. The van der Waals surface area contributed by atoms with Crippen LogP contribution in [0.2, 0.25) is 0 Å². The Morgan fingerprint density at radius 1 is 1.29 bits per heavy atom. The maximum atomic E-state index is 6.23. The van der Waals surface area contributed by atoms with Crippen LogP contribution in [-0.2, 0) is 9.47 Å². The normalized spacial score (nSPS) is 25.0. The lowest BCUT2D eigenvalue weighted by Gasteiger charge is -2.40. The molecule has 0 N–H and O–H groups in total. The SMILES string of the molecule is COCCOC1C(Cl)CC1Oc1cc(C(C)C)ccc1C. The number of hydrogen-bond acceptors (Lipinski definition) is 3. The van der Waals surface area contributed by atoms with E-state index in [-0.39, 0.29) is 17.6 Å². The third-order valence-electron chi connectivity index (χ3n) is 3.94. The molecule has 1 aromatic rings. The van der Waals surface area contributed by atoms with Gasteiger partial charge in [-0.1, -0.05) is 26.0 Å². The van der Waals surface area contributed by atoms with Crippen molar-refractivity contribution in [3.63, 3.8) is 0 Å². The lowest BCUT2D eigenvalue weighted by Crippen LogP contribution is -2.53. The van der Waals surface area contributed by atoms with Crippen molar-refractivity contribution in [2.24, 2.45) is 0 Å². The zero-order valence-electron chi connectivity index (χ0n) is 13.3. The predicted octanol–water partition coefficient (Wildman–Crippen LogP) is 3.91. The highest BCUT2D eigenvalue weighted by atomic mass is 35.5. The van der Waals surface area contributed by atoms with Gasteiger partial charge in [-0.3, -0.25) is 0 Å². The van der Waals surface area contributed by atoms with Gasteiger partial charge in [0.05, 0.1) is 18.6 Å². The van der Waals surface area contributed by atoms with E-state index in [4.69, 9.17) is 25.8 Å². The monoisotopic (exact) mass is 312 g/mol. The quantitative estimate of drug-likeness (QED) is 0.564. The summed E-state index contributed by atoms with van der Waals surface area (Å²) in [6, 6.07) is 6.40. The molecule has 0 spiro atoms. The maximum Gasteiger partial charge on any atom is 0.128 e. The van der Waals surface area contributed by atoms with E-state index in [9.17, 15) is 0 Å². The van der Waals surface area contributed by atoms with Crippen molar-refractivity contribution in [3.05, 3.63) is 29.3 Å². The number of halogens is 1. The number of benzene rings is 1. The molecule has 1 aromatic carbocycles. The van der Waals surface area contributed by atoms with Crippen molar-refractivity contribution in [3.8, 4) is 5.75 Å². The summed E-state index contributed by atoms with van der Waals surface area (Å²) in [5, 5.41) is 0.0282. The highest BCUT2D eigenvalue weighted by Crippen LogP contribution is 2.35. The molecule has 0 amide bonds. The third-order valence-corrected chi connectivity index (χ3v) is 4.36. The maximum absolute atomic E-state index is 6.23. The Morgan fingerprint density at radius 3 is 2.67 bits per heavy atom. The summed E-state index contributed by atoms with van der Waals surface area (Å²) in [4.78, 5) is 0. The lowest BCUT2D eigenvalue weighted by molar-refractivity contribution is -0.0900. The molecule has 0 aliphatic heterocycles. The van der Waals surface area contributed by atoms with Crippen LogP contribution in [0, 0.1) is 6.92 Å². The average Bonchev–Trinajstić information content (AvgIpc) is 2.44. The first-order chi connectivity index (χ1) is 10.0. The number of hydrogen-bond donors (Lipinski definition) is 0. The van der Waals surface area contributed by atoms with Crippen LogP contribution in [-0.4, -0.2) is 37.9 Å². The van der Waals surface area contributed by atoms with E-state index >= 15 is 0 Å². The van der Waals surface area contributed by atoms with Crippen LogP contribution in [0.4, 0.5) is 0 Å². The van der Waals surface area contributed by atoms with Gasteiger partial charge in [0.25, 0.3) is 0 Å². The number of alkyl halides is 1. The molecule has 21 heavy (non-hydrogen) atoms. The molecule has 3 unspecified atom stereocenters. The van der Waals surface area contributed by atoms with Crippen LogP contribution in [0.15, 0.2) is 18.2 Å². The van der Waals surface area contributed by atoms with Crippen LogP contribution in [0.25, 0.3) is 0 Å². The summed E-state index contributed by atoms with van der Waals surface area (Å²) in [6.45, 7) is 7.56. The van der Waals surface area contributed by atoms with Crippen molar-refractivity contribution in [1.29, 1.82) is 0 Å². The molecule has 1 aliphatic rings. The van der Waals surface area contributed by atoms with Crippen molar-refractivity contribution < 1.29 is 14.2 Å². The highest BCUT2D eigenvalue weighted by Gasteiger charge is 2.43. The molecular weight excluding hydrogens is 288 g/mol. The average molecular weight is 313 g/mol. The smallest absolute Gasteiger partial charge is 0.128 e. The van der Waals surface area contributed by atoms with Crippen LogP contribution in [0.3, 0.4) is 0 Å². The van der Waals surface area contributed by atoms with Gasteiger partial charge in [0, 0.05) is 13.5 Å². The fourth-order valence-electron chi connectivity index (χ4n) is 2.39. The van der Waals surface area contributed by atoms with E-state index in [1.165, 1.54) is 5.56 Å². The van der Waals surface area contributed by atoms with Crippen LogP contribution >= 0.6 is 11.6 Å². The minimum atomic E-state index is -0.0519. The van der Waals surface area contributed by atoms with E-state index in [0.29, 0.717) is 19.1 Å². The molecule has 118 valence electrons. The lowest BCUT2D eigenvalue weighted by atomic mass is 9.90. The summed E-state index contributed by atoms with van der Waals surface area (Å²) in [7, 11) is 1.66. The number of aryl methyl sites for hydroxylation is 1. The van der Waals surface area contributed by atoms with Crippen molar-refractivity contribution in [2.75, 3.05) is 20.3 Å². The molecule has 3 atom stereocenters. The Kier molecular flexibility index (Phi) is 5.91. The standard InChI is InChI=1S/C17H25ClO3/c1-11(2)13-6-5-12(3)15(9-13)21-16-10-14(18)17(16)20-8-7-19-4/h5-6,9,11,14,16-17H,7-8,10H2,1-4H3. The first kappa shape index (κ1) is 16.6. The molecule has 0 radical (unpaired) electrons. The Balaban J connectivity index is 1.99. The molecule has 4 heteroatoms. The van der Waals surface area contributed by atoms with Gasteiger partial charge < -0.3 is 14.2 Å². The van der Waals surface area contributed by atoms with Gasteiger partial charge in [0.2, 0.25) is 0 Å². The van der Waals surface area contributed by atoms with Crippen LogP contribution in [0.5, 0.6) is 5.75 Å². The van der Waals surface area contributed by atoms with Gasteiger partial charge in [-0.25, -0.2) is 0 Å². The number of rotatable bonds is 7. The predicted molar refractivity (Wildman–Crippen MR) is 85.6 cm³/mol. The second kappa shape index (κ2) is 7.48. The molecule has 2 rings (SSSR count). The zero-order valence-corrected chi connectivity index (χ0v) is 14.0. The van der Waals surface area contributed by atoms with Crippen molar-refractivity contribution >= 4 is 11.6 Å². The minimum absolute atomic E-state index is 0.0282. The zero-order chi connectivity index (χ0) is 15.4. The Bertz CT molecular complexity index is 461. The van der Waals surface area contributed by atoms with Crippen molar-refractivity contribution in [1.82, 2.24) is 0 Å². The molecular formula is C17H25ClO3. The van der Waals surface area contributed by atoms with Gasteiger partial charge in [0.1, 0.15) is 18.0 Å². The topological polar surface area (TPSA) is 27.7 Å². The van der Waals surface area contributed by atoms with Gasteiger partial charge >= 0.3 is 0 Å². The second-order valence-electron chi connectivity index (χ2n) is 5.92. The van der Waals surface area contributed by atoms with E-state index in [2.05, 4.69) is 39.0 Å². The van der Waals surface area contributed by atoms with E-state index in [1.807, 2.05) is 0 Å². The van der Waals surface area contributed by atoms with Gasteiger partial charge in [0.15, 0.2) is 0 Å². The molecule has 1 saturated carbocycles. The van der Waals surface area contributed by atoms with Crippen LogP contribution in [0.1, 0.15) is 37.3 Å². The molecule has 0 saturated heterocycles. The Hall–Kier alpha value is -0.770. The second-order valence-corrected chi connectivity index (χ2v) is 6.48. The van der Waals surface area contributed by atoms with Gasteiger partial charge in [-0.05, 0) is 30.0 Å². The van der Waals surface area contributed by atoms with Crippen molar-refractivity contribution in [2.45, 2.75) is 50.7 Å². The van der Waals surface area contributed by atoms with Gasteiger partial charge in [-0.2, -0.15) is 0 Å². The number of methoxy groups -OCH3 is 1. The fourth-order valence-corrected chi connectivity index (χ4v) is 2.80. The van der Waals surface area contributed by atoms with Gasteiger partial charge in [-0.15, -0.1) is 11.6 Å². The molecule has 1 aliphatic carbocycles.